The maximum Gasteiger partial charge on any atom is 0.291 e. The quantitative estimate of drug-likeness (QED) is 0.650. The summed E-state index contributed by atoms with van der Waals surface area (Å²) < 4.78 is 5.85. The van der Waals surface area contributed by atoms with Crippen LogP contribution in [0.25, 0.3) is 0 Å². The minimum absolute atomic E-state index is 0.222. The van der Waals surface area contributed by atoms with Gasteiger partial charge < -0.3 is 14.6 Å². The van der Waals surface area contributed by atoms with Gasteiger partial charge in [-0.3, -0.25) is 4.79 Å². The fraction of sp³-hybridized carbons (Fsp3) is 0.292. The SMILES string of the molecule is Cc1ccc(C[NH+](Cc2ccc(C(=O)Nc3ccc(C)cc3)o2)C(C)C)cc1. The Balaban J connectivity index is 1.64. The number of hydrogen-bond donors (Lipinski definition) is 2. The second-order valence-electron chi connectivity index (χ2n) is 7.74. The lowest BCUT2D eigenvalue weighted by molar-refractivity contribution is -0.949. The predicted octanol–water partition coefficient (Wildman–Crippen LogP) is 4.14. The van der Waals surface area contributed by atoms with Crippen LogP contribution in [0.5, 0.6) is 0 Å². The molecule has 1 atom stereocenters. The molecule has 0 aliphatic carbocycles. The van der Waals surface area contributed by atoms with Crippen LogP contribution in [0.3, 0.4) is 0 Å². The van der Waals surface area contributed by atoms with Crippen molar-refractivity contribution >= 4 is 11.6 Å². The number of nitrogens with one attached hydrogen (secondary N) is 2. The van der Waals surface area contributed by atoms with Crippen molar-refractivity contribution in [2.75, 3.05) is 5.32 Å². The molecule has 1 unspecified atom stereocenters. The summed E-state index contributed by atoms with van der Waals surface area (Å²) >= 11 is 0. The van der Waals surface area contributed by atoms with E-state index in [4.69, 9.17) is 4.42 Å². The molecule has 146 valence electrons. The zero-order chi connectivity index (χ0) is 20.1. The Morgan fingerprint density at radius 2 is 1.50 bits per heavy atom. The summed E-state index contributed by atoms with van der Waals surface area (Å²) in [5.41, 5.74) is 4.49. The Bertz CT molecular complexity index is 909. The Morgan fingerprint density at radius 1 is 0.893 bits per heavy atom. The van der Waals surface area contributed by atoms with E-state index in [0.717, 1.165) is 30.1 Å². The van der Waals surface area contributed by atoms with Gasteiger partial charge in [0.2, 0.25) is 0 Å². The van der Waals surface area contributed by atoms with Gasteiger partial charge in [-0.2, -0.15) is 0 Å². The van der Waals surface area contributed by atoms with Gasteiger partial charge in [-0.1, -0.05) is 47.5 Å². The van der Waals surface area contributed by atoms with E-state index in [2.05, 4.69) is 50.4 Å². The van der Waals surface area contributed by atoms with Crippen LogP contribution in [0, 0.1) is 13.8 Å². The zero-order valence-corrected chi connectivity index (χ0v) is 17.1. The maximum absolute atomic E-state index is 12.4. The molecule has 0 fully saturated rings. The summed E-state index contributed by atoms with van der Waals surface area (Å²) in [7, 11) is 0. The second kappa shape index (κ2) is 8.89. The Labute approximate surface area is 167 Å². The summed E-state index contributed by atoms with van der Waals surface area (Å²) in [6.45, 7) is 10.2. The fourth-order valence-electron chi connectivity index (χ4n) is 3.09. The van der Waals surface area contributed by atoms with Crippen LogP contribution in [0.4, 0.5) is 5.69 Å². The van der Waals surface area contributed by atoms with E-state index >= 15 is 0 Å². The number of aryl methyl sites for hydroxylation is 2. The van der Waals surface area contributed by atoms with E-state index in [1.54, 1.807) is 6.07 Å². The highest BCUT2D eigenvalue weighted by Gasteiger charge is 2.18. The van der Waals surface area contributed by atoms with Crippen LogP contribution in [0.15, 0.2) is 65.1 Å². The van der Waals surface area contributed by atoms with Gasteiger partial charge in [-0.05, 0) is 52.0 Å². The molecule has 0 aliphatic rings. The Hall–Kier alpha value is -2.85. The number of anilines is 1. The molecule has 2 N–H and O–H groups in total. The summed E-state index contributed by atoms with van der Waals surface area (Å²) in [4.78, 5) is 13.8. The van der Waals surface area contributed by atoms with Crippen LogP contribution in [-0.4, -0.2) is 11.9 Å². The molecule has 28 heavy (non-hydrogen) atoms. The van der Waals surface area contributed by atoms with Crippen LogP contribution in [0.1, 0.15) is 46.9 Å². The van der Waals surface area contributed by atoms with Gasteiger partial charge in [0.15, 0.2) is 11.5 Å². The molecule has 3 aromatic rings. The predicted molar refractivity (Wildman–Crippen MR) is 113 cm³/mol. The molecule has 0 bridgehead atoms. The number of amides is 1. The lowest BCUT2D eigenvalue weighted by Gasteiger charge is -2.22. The van der Waals surface area contributed by atoms with Crippen LogP contribution >= 0.6 is 0 Å². The lowest BCUT2D eigenvalue weighted by atomic mass is 10.1. The highest BCUT2D eigenvalue weighted by atomic mass is 16.4. The van der Waals surface area contributed by atoms with Crippen molar-refractivity contribution in [2.24, 2.45) is 0 Å². The van der Waals surface area contributed by atoms with Crippen molar-refractivity contribution in [1.29, 1.82) is 0 Å². The molecule has 1 heterocycles. The molecule has 0 saturated heterocycles. The Morgan fingerprint density at radius 3 is 2.11 bits per heavy atom. The van der Waals surface area contributed by atoms with E-state index in [-0.39, 0.29) is 5.91 Å². The molecular formula is C24H29N2O2+. The molecule has 1 aromatic heterocycles. The third kappa shape index (κ3) is 5.33. The molecule has 0 aliphatic heterocycles. The number of furan rings is 1. The molecule has 1 amide bonds. The van der Waals surface area contributed by atoms with Gasteiger partial charge in [-0.25, -0.2) is 0 Å². The average Bonchev–Trinajstić information content (AvgIpc) is 3.13. The van der Waals surface area contributed by atoms with Gasteiger partial charge >= 0.3 is 0 Å². The van der Waals surface area contributed by atoms with Crippen molar-refractivity contribution < 1.29 is 14.1 Å². The maximum atomic E-state index is 12.4. The van der Waals surface area contributed by atoms with Gasteiger partial charge in [-0.15, -0.1) is 0 Å². The van der Waals surface area contributed by atoms with E-state index in [1.165, 1.54) is 16.0 Å². The first-order chi connectivity index (χ1) is 13.4. The number of hydrogen-bond acceptors (Lipinski definition) is 2. The molecule has 4 nitrogen and oxygen atoms in total. The largest absolute Gasteiger partial charge is 0.450 e. The molecule has 0 radical (unpaired) electrons. The second-order valence-corrected chi connectivity index (χ2v) is 7.74. The van der Waals surface area contributed by atoms with Gasteiger partial charge in [0.1, 0.15) is 13.1 Å². The zero-order valence-electron chi connectivity index (χ0n) is 17.1. The molecule has 3 rings (SSSR count). The molecular weight excluding hydrogens is 348 g/mol. The number of benzene rings is 2. The van der Waals surface area contributed by atoms with Crippen LogP contribution < -0.4 is 10.2 Å². The Kier molecular flexibility index (Phi) is 6.32. The first kappa shape index (κ1) is 19.9. The van der Waals surface area contributed by atoms with Gasteiger partial charge in [0.05, 0.1) is 6.04 Å². The van der Waals surface area contributed by atoms with Crippen molar-refractivity contribution in [3.63, 3.8) is 0 Å². The third-order valence-electron chi connectivity index (χ3n) is 4.96. The summed E-state index contributed by atoms with van der Waals surface area (Å²) in [6, 6.07) is 20.5. The molecule has 0 saturated carbocycles. The number of quaternary nitrogens is 1. The van der Waals surface area contributed by atoms with Gasteiger partial charge in [0, 0.05) is 11.3 Å². The van der Waals surface area contributed by atoms with Crippen LogP contribution in [-0.2, 0) is 13.1 Å². The fourth-order valence-corrected chi connectivity index (χ4v) is 3.09. The highest BCUT2D eigenvalue weighted by Crippen LogP contribution is 2.13. The van der Waals surface area contributed by atoms with E-state index in [9.17, 15) is 4.79 Å². The average molecular weight is 378 g/mol. The van der Waals surface area contributed by atoms with E-state index < -0.39 is 0 Å². The standard InChI is InChI=1S/C24H28N2O2/c1-17(2)26(15-20-9-5-18(3)6-10-20)16-22-13-14-23(28-22)24(27)25-21-11-7-19(4)8-12-21/h5-14,17H,15-16H2,1-4H3,(H,25,27)/p+1. The van der Waals surface area contributed by atoms with Crippen molar-refractivity contribution in [3.8, 4) is 0 Å². The van der Waals surface area contributed by atoms with Crippen molar-refractivity contribution in [3.05, 3.63) is 88.9 Å². The number of carbonyl (C=O) groups excluding carboxylic acids is 1. The first-order valence-corrected chi connectivity index (χ1v) is 9.77. The van der Waals surface area contributed by atoms with Gasteiger partial charge in [0.25, 0.3) is 5.91 Å². The highest BCUT2D eigenvalue weighted by molar-refractivity contribution is 6.02. The summed E-state index contributed by atoms with van der Waals surface area (Å²) in [6.07, 6.45) is 0. The summed E-state index contributed by atoms with van der Waals surface area (Å²) in [5, 5.41) is 2.88. The van der Waals surface area contributed by atoms with E-state index in [0.29, 0.717) is 11.8 Å². The topological polar surface area (TPSA) is 46.7 Å². The summed E-state index contributed by atoms with van der Waals surface area (Å²) in [5.74, 6) is 0.943. The molecule has 4 heteroatoms. The van der Waals surface area contributed by atoms with Crippen molar-refractivity contribution in [2.45, 2.75) is 46.8 Å². The number of carbonyl (C=O) groups is 1. The van der Waals surface area contributed by atoms with E-state index in [1.807, 2.05) is 37.3 Å². The molecule has 0 spiro atoms. The first-order valence-electron chi connectivity index (χ1n) is 9.77. The minimum Gasteiger partial charge on any atom is -0.450 e. The smallest absolute Gasteiger partial charge is 0.291 e. The lowest BCUT2D eigenvalue weighted by Crippen LogP contribution is -3.12. The third-order valence-corrected chi connectivity index (χ3v) is 4.96. The van der Waals surface area contributed by atoms with Crippen LogP contribution in [0.2, 0.25) is 0 Å². The number of rotatable bonds is 7. The minimum atomic E-state index is -0.222. The van der Waals surface area contributed by atoms with Crippen molar-refractivity contribution in [1.82, 2.24) is 0 Å². The monoisotopic (exact) mass is 377 g/mol. The normalized spacial score (nSPS) is 12.2. The molecule has 2 aromatic carbocycles.